The third kappa shape index (κ3) is 5.78. The minimum absolute atomic E-state index is 0.0391. The molecule has 0 spiro atoms. The fourth-order valence-corrected chi connectivity index (χ4v) is 3.14. The molecule has 0 radical (unpaired) electrons. The van der Waals surface area contributed by atoms with Crippen LogP contribution in [0.3, 0.4) is 0 Å². The van der Waals surface area contributed by atoms with Crippen LogP contribution in [0.4, 0.5) is 21.1 Å². The van der Waals surface area contributed by atoms with E-state index in [1.165, 1.54) is 18.2 Å². The second kappa shape index (κ2) is 10.7. The second-order valence-corrected chi connectivity index (χ2v) is 7.55. The summed E-state index contributed by atoms with van der Waals surface area (Å²) < 4.78 is 16.3. The van der Waals surface area contributed by atoms with Gasteiger partial charge in [-0.25, -0.2) is 19.6 Å². The number of carbonyl (C=O) groups excluding carboxylic acids is 2. The number of aromatic nitrogens is 2. The lowest BCUT2D eigenvalue weighted by atomic mass is 10.3. The number of nitrogens with zero attached hydrogens (tertiary/aromatic N) is 3. The van der Waals surface area contributed by atoms with Gasteiger partial charge < -0.3 is 19.9 Å². The van der Waals surface area contributed by atoms with Gasteiger partial charge in [0.05, 0.1) is 10.7 Å². The van der Waals surface area contributed by atoms with E-state index in [9.17, 15) is 9.59 Å². The number of anilines is 2. The zero-order valence-electron chi connectivity index (χ0n) is 17.8. The number of halogens is 2. The Labute approximate surface area is 209 Å². The molecule has 0 bridgehead atoms. The van der Waals surface area contributed by atoms with Gasteiger partial charge >= 0.3 is 12.2 Å². The molecule has 0 fully saturated rings. The second-order valence-electron chi connectivity index (χ2n) is 6.79. The van der Waals surface area contributed by atoms with Gasteiger partial charge in [-0.3, -0.25) is 0 Å². The molecule has 3 aromatic carbocycles. The Morgan fingerprint density at radius 1 is 0.771 bits per heavy atom. The van der Waals surface area contributed by atoms with Gasteiger partial charge in [0.1, 0.15) is 28.6 Å². The van der Waals surface area contributed by atoms with Crippen LogP contribution in [0.2, 0.25) is 10.0 Å². The summed E-state index contributed by atoms with van der Waals surface area (Å²) in [4.78, 5) is 34.6. The van der Waals surface area contributed by atoms with Gasteiger partial charge in [-0.05, 0) is 36.4 Å². The summed E-state index contributed by atoms with van der Waals surface area (Å²) in [5.41, 5.74) is 6.00. The lowest BCUT2D eigenvalue weighted by molar-refractivity contribution is 0.190. The number of hydrogen-bond donors (Lipinski definition) is 1. The van der Waals surface area contributed by atoms with Crippen molar-refractivity contribution in [1.82, 2.24) is 9.97 Å². The molecule has 4 rings (SSSR count). The number of ether oxygens (including phenoxy) is 3. The van der Waals surface area contributed by atoms with Crippen LogP contribution in [0, 0.1) is 0 Å². The topological polar surface area (TPSA) is 117 Å². The minimum Gasteiger partial charge on any atom is -0.437 e. The Hall–Kier alpha value is -4.34. The van der Waals surface area contributed by atoms with Crippen LogP contribution in [0.15, 0.2) is 85.2 Å². The van der Waals surface area contributed by atoms with Crippen LogP contribution in [-0.2, 0) is 0 Å². The van der Waals surface area contributed by atoms with Crippen molar-refractivity contribution in [3.8, 4) is 23.1 Å². The van der Waals surface area contributed by atoms with Gasteiger partial charge in [0.15, 0.2) is 5.82 Å². The molecule has 1 heterocycles. The minimum atomic E-state index is -1.06. The van der Waals surface area contributed by atoms with Crippen molar-refractivity contribution in [1.29, 1.82) is 0 Å². The average Bonchev–Trinajstić information content (AvgIpc) is 2.86. The molecule has 0 aliphatic heterocycles. The van der Waals surface area contributed by atoms with Crippen LogP contribution in [0.5, 0.6) is 23.1 Å². The Bertz CT molecular complexity index is 1300. The molecule has 1 aromatic heterocycles. The van der Waals surface area contributed by atoms with Crippen molar-refractivity contribution < 1.29 is 23.8 Å². The summed E-state index contributed by atoms with van der Waals surface area (Å²) in [6.07, 6.45) is -1.03. The number of imide groups is 1. The van der Waals surface area contributed by atoms with E-state index in [1.807, 2.05) is 0 Å². The normalized spacial score (nSPS) is 10.3. The van der Waals surface area contributed by atoms with E-state index in [0.717, 1.165) is 6.33 Å². The molecular weight excluding hydrogens is 495 g/mol. The van der Waals surface area contributed by atoms with Gasteiger partial charge in [-0.2, -0.15) is 4.90 Å². The summed E-state index contributed by atoms with van der Waals surface area (Å²) in [5.74, 6) is 0.366. The van der Waals surface area contributed by atoms with Crippen LogP contribution >= 0.6 is 23.2 Å². The third-order valence-electron chi connectivity index (χ3n) is 4.41. The number of nitrogen functional groups attached to an aromatic ring is 1. The fraction of sp³-hybridized carbons (Fsp3) is 0. The van der Waals surface area contributed by atoms with Crippen LogP contribution in [-0.4, -0.2) is 22.2 Å². The van der Waals surface area contributed by atoms with E-state index >= 15 is 0 Å². The summed E-state index contributed by atoms with van der Waals surface area (Å²) in [7, 11) is 0. The smallest absolute Gasteiger partial charge is 0.430 e. The molecule has 0 aliphatic carbocycles. The Balaban J connectivity index is 1.65. The number of rotatable bonds is 5. The number of benzene rings is 3. The molecular formula is C24H16Cl2N4O5. The van der Waals surface area contributed by atoms with Gasteiger partial charge in [-0.15, -0.1) is 0 Å². The number of para-hydroxylation sites is 2. The average molecular weight is 511 g/mol. The monoisotopic (exact) mass is 510 g/mol. The predicted molar refractivity (Wildman–Crippen MR) is 130 cm³/mol. The van der Waals surface area contributed by atoms with E-state index in [0.29, 0.717) is 4.90 Å². The summed E-state index contributed by atoms with van der Waals surface area (Å²) in [6.45, 7) is 0. The first kappa shape index (κ1) is 23.8. The van der Waals surface area contributed by atoms with E-state index in [-0.39, 0.29) is 44.7 Å². The molecule has 0 saturated heterocycles. The standard InChI is InChI=1S/C24H16Cl2N4O5/c25-21-17(27)11-12-18(22(21)26)35-20-13-19(28-14-29-20)30(23(31)33-15-7-3-1-4-8-15)24(32)34-16-9-5-2-6-10-16/h1-14H,27H2. The van der Waals surface area contributed by atoms with Crippen LogP contribution < -0.4 is 24.8 Å². The fourth-order valence-electron chi connectivity index (χ4n) is 2.78. The maximum atomic E-state index is 13.0. The van der Waals surface area contributed by atoms with Crippen molar-refractivity contribution >= 4 is 46.9 Å². The van der Waals surface area contributed by atoms with Crippen LogP contribution in [0.25, 0.3) is 0 Å². The molecule has 0 aliphatic rings. The zero-order valence-corrected chi connectivity index (χ0v) is 19.3. The number of amides is 2. The molecule has 0 unspecified atom stereocenters. The molecule has 0 atom stereocenters. The third-order valence-corrected chi connectivity index (χ3v) is 5.29. The first-order valence-corrected chi connectivity index (χ1v) is 10.7. The SMILES string of the molecule is Nc1ccc(Oc2cc(N(C(=O)Oc3ccccc3)C(=O)Oc3ccccc3)ncn2)c(Cl)c1Cl. The largest absolute Gasteiger partial charge is 0.437 e. The Morgan fingerprint density at radius 3 is 1.91 bits per heavy atom. The van der Waals surface area contributed by atoms with Gasteiger partial charge in [0.25, 0.3) is 0 Å². The van der Waals surface area contributed by atoms with Crippen molar-refractivity contribution in [2.75, 3.05) is 10.6 Å². The molecule has 0 saturated carbocycles. The highest BCUT2D eigenvalue weighted by atomic mass is 35.5. The molecule has 4 aromatic rings. The Morgan fingerprint density at radius 2 is 1.34 bits per heavy atom. The maximum Gasteiger partial charge on any atom is 0.430 e. The molecule has 35 heavy (non-hydrogen) atoms. The first-order valence-electron chi connectivity index (χ1n) is 9.99. The number of nitrogens with two attached hydrogens (primary N) is 1. The lowest BCUT2D eigenvalue weighted by Gasteiger charge is -2.19. The van der Waals surface area contributed by atoms with Crippen molar-refractivity contribution in [3.63, 3.8) is 0 Å². The van der Waals surface area contributed by atoms with Crippen molar-refractivity contribution in [3.05, 3.63) is 95.2 Å². The van der Waals surface area contributed by atoms with Crippen molar-refractivity contribution in [2.24, 2.45) is 0 Å². The molecule has 2 amide bonds. The number of carbonyl (C=O) groups is 2. The Kier molecular flexibility index (Phi) is 7.30. The van der Waals surface area contributed by atoms with Crippen LogP contribution in [0.1, 0.15) is 0 Å². The summed E-state index contributed by atoms with van der Waals surface area (Å²) in [6, 6.07) is 20.7. The van der Waals surface area contributed by atoms with Gasteiger partial charge in [0, 0.05) is 6.07 Å². The highest BCUT2D eigenvalue weighted by Gasteiger charge is 2.30. The van der Waals surface area contributed by atoms with Crippen molar-refractivity contribution in [2.45, 2.75) is 0 Å². The predicted octanol–water partition coefficient (Wildman–Crippen LogP) is 6.36. The highest BCUT2D eigenvalue weighted by molar-refractivity contribution is 6.44. The molecule has 176 valence electrons. The lowest BCUT2D eigenvalue weighted by Crippen LogP contribution is -2.41. The zero-order chi connectivity index (χ0) is 24.8. The maximum absolute atomic E-state index is 13.0. The number of hydrogen-bond acceptors (Lipinski definition) is 8. The van der Waals surface area contributed by atoms with E-state index in [4.69, 9.17) is 43.1 Å². The molecule has 9 nitrogen and oxygen atoms in total. The first-order chi connectivity index (χ1) is 16.9. The summed E-state index contributed by atoms with van der Waals surface area (Å²) in [5, 5.41) is 0.175. The molecule has 11 heteroatoms. The van der Waals surface area contributed by atoms with E-state index in [1.54, 1.807) is 60.7 Å². The molecule has 2 N–H and O–H groups in total. The van der Waals surface area contributed by atoms with Gasteiger partial charge in [0.2, 0.25) is 5.88 Å². The quantitative estimate of drug-likeness (QED) is 0.308. The van der Waals surface area contributed by atoms with Gasteiger partial charge in [-0.1, -0.05) is 59.6 Å². The van der Waals surface area contributed by atoms with E-state index < -0.39 is 12.2 Å². The van der Waals surface area contributed by atoms with E-state index in [2.05, 4.69) is 9.97 Å². The highest BCUT2D eigenvalue weighted by Crippen LogP contribution is 2.38. The summed E-state index contributed by atoms with van der Waals surface area (Å²) >= 11 is 12.3.